The van der Waals surface area contributed by atoms with Crippen LogP contribution in [0, 0.1) is 0 Å². The molecule has 8 heteroatoms. The van der Waals surface area contributed by atoms with Gasteiger partial charge in [0, 0.05) is 4.88 Å². The Morgan fingerprint density at radius 2 is 1.85 bits per heavy atom. The zero-order valence-electron chi connectivity index (χ0n) is 14.8. The van der Waals surface area contributed by atoms with Gasteiger partial charge in [-0.2, -0.15) is 4.72 Å². The molecule has 5 nitrogen and oxygen atoms in total. The number of aryl methyl sites for hydroxylation is 1. The van der Waals surface area contributed by atoms with Gasteiger partial charge in [0.25, 0.3) is 0 Å². The average molecular weight is 422 g/mol. The standard InChI is InChI=1S/C19H19NO4S3/c1-3-13-6-8-14(9-7-13)17(15-5-4-11-25-15)20-27(22,23)16-10-12-26-18(16)19(21)24-2/h4-12,17,20H,3H2,1-2H3. The molecule has 1 N–H and O–H groups in total. The highest BCUT2D eigenvalue weighted by molar-refractivity contribution is 7.89. The number of hydrogen-bond acceptors (Lipinski definition) is 6. The van der Waals surface area contributed by atoms with Crippen LogP contribution in [0.2, 0.25) is 0 Å². The molecule has 2 aromatic heterocycles. The SMILES string of the molecule is CCc1ccc(C(NS(=O)(=O)c2ccsc2C(=O)OC)c2cccs2)cc1. The quantitative estimate of drug-likeness (QED) is 0.580. The van der Waals surface area contributed by atoms with Gasteiger partial charge >= 0.3 is 5.97 Å². The van der Waals surface area contributed by atoms with Crippen LogP contribution in [-0.2, 0) is 21.2 Å². The number of thiophene rings is 2. The number of esters is 1. The van der Waals surface area contributed by atoms with Crippen LogP contribution >= 0.6 is 22.7 Å². The van der Waals surface area contributed by atoms with E-state index in [4.69, 9.17) is 4.74 Å². The molecule has 0 spiro atoms. The molecule has 0 saturated carbocycles. The van der Waals surface area contributed by atoms with Gasteiger partial charge in [0.1, 0.15) is 9.77 Å². The first-order chi connectivity index (χ1) is 13.0. The van der Waals surface area contributed by atoms with E-state index in [1.54, 1.807) is 5.38 Å². The van der Waals surface area contributed by atoms with Gasteiger partial charge in [0.05, 0.1) is 13.2 Å². The first-order valence-electron chi connectivity index (χ1n) is 8.26. The van der Waals surface area contributed by atoms with Crippen molar-refractivity contribution in [2.45, 2.75) is 24.3 Å². The molecule has 0 aliphatic heterocycles. The smallest absolute Gasteiger partial charge is 0.349 e. The van der Waals surface area contributed by atoms with E-state index in [1.165, 1.54) is 30.1 Å². The molecule has 3 aromatic rings. The first kappa shape index (κ1) is 19.8. The van der Waals surface area contributed by atoms with Gasteiger partial charge in [0.2, 0.25) is 10.0 Å². The van der Waals surface area contributed by atoms with Gasteiger partial charge in [0.15, 0.2) is 0 Å². The maximum Gasteiger partial charge on any atom is 0.349 e. The van der Waals surface area contributed by atoms with E-state index in [2.05, 4.69) is 11.6 Å². The number of ether oxygens (including phenoxy) is 1. The van der Waals surface area contributed by atoms with Crippen LogP contribution in [0.15, 0.2) is 58.1 Å². The van der Waals surface area contributed by atoms with Crippen molar-refractivity contribution < 1.29 is 17.9 Å². The van der Waals surface area contributed by atoms with Crippen molar-refractivity contribution in [3.8, 4) is 0 Å². The summed E-state index contributed by atoms with van der Waals surface area (Å²) in [6.45, 7) is 2.07. The predicted octanol–water partition coefficient (Wildman–Crippen LogP) is 4.23. The fourth-order valence-electron chi connectivity index (χ4n) is 2.66. The third-order valence-corrected chi connectivity index (χ3v) is 7.54. The molecule has 0 aliphatic carbocycles. The van der Waals surface area contributed by atoms with Crippen molar-refractivity contribution in [2.24, 2.45) is 0 Å². The maximum atomic E-state index is 13.0. The molecule has 0 saturated heterocycles. The maximum absolute atomic E-state index is 13.0. The van der Waals surface area contributed by atoms with Crippen molar-refractivity contribution in [3.05, 3.63) is 74.1 Å². The summed E-state index contributed by atoms with van der Waals surface area (Å²) in [5.74, 6) is -0.662. The Balaban J connectivity index is 1.99. The van der Waals surface area contributed by atoms with Crippen LogP contribution in [0.3, 0.4) is 0 Å². The summed E-state index contributed by atoms with van der Waals surface area (Å²) >= 11 is 2.52. The Hall–Kier alpha value is -2.00. The second kappa shape index (κ2) is 8.35. The predicted molar refractivity (Wildman–Crippen MR) is 108 cm³/mol. The highest BCUT2D eigenvalue weighted by Crippen LogP contribution is 2.30. The lowest BCUT2D eigenvalue weighted by Gasteiger charge is -2.18. The molecular weight excluding hydrogens is 402 g/mol. The lowest BCUT2D eigenvalue weighted by atomic mass is 10.0. The molecule has 3 rings (SSSR count). The van der Waals surface area contributed by atoms with Crippen LogP contribution in [0.4, 0.5) is 0 Å². The Morgan fingerprint density at radius 1 is 1.11 bits per heavy atom. The van der Waals surface area contributed by atoms with Crippen LogP contribution in [0.25, 0.3) is 0 Å². The van der Waals surface area contributed by atoms with Crippen molar-refractivity contribution >= 4 is 38.7 Å². The minimum absolute atomic E-state index is 0.0638. The van der Waals surface area contributed by atoms with Gasteiger partial charge in [-0.05, 0) is 40.4 Å². The normalized spacial score (nSPS) is 12.7. The topological polar surface area (TPSA) is 72.5 Å². The van der Waals surface area contributed by atoms with Crippen molar-refractivity contribution in [3.63, 3.8) is 0 Å². The largest absolute Gasteiger partial charge is 0.465 e. The number of carbonyl (C=O) groups excluding carboxylic acids is 1. The minimum atomic E-state index is -3.93. The number of sulfonamides is 1. The van der Waals surface area contributed by atoms with Gasteiger partial charge in [-0.25, -0.2) is 13.2 Å². The number of carbonyl (C=O) groups is 1. The highest BCUT2D eigenvalue weighted by Gasteiger charge is 2.29. The number of rotatable bonds is 7. The molecule has 0 bridgehead atoms. The molecule has 0 aliphatic rings. The van der Waals surface area contributed by atoms with Crippen molar-refractivity contribution in [1.82, 2.24) is 4.72 Å². The van der Waals surface area contributed by atoms with Crippen molar-refractivity contribution in [1.29, 1.82) is 0 Å². The Morgan fingerprint density at radius 3 is 2.44 bits per heavy atom. The monoisotopic (exact) mass is 421 g/mol. The van der Waals surface area contributed by atoms with E-state index >= 15 is 0 Å². The number of methoxy groups -OCH3 is 1. The summed E-state index contributed by atoms with van der Waals surface area (Å²) < 4.78 is 33.5. The van der Waals surface area contributed by atoms with Crippen molar-refractivity contribution in [2.75, 3.05) is 7.11 Å². The van der Waals surface area contributed by atoms with Gasteiger partial charge in [-0.3, -0.25) is 0 Å². The van der Waals surface area contributed by atoms with E-state index in [0.717, 1.165) is 28.2 Å². The van der Waals surface area contributed by atoms with Gasteiger partial charge in [-0.15, -0.1) is 22.7 Å². The molecule has 2 heterocycles. The van der Waals surface area contributed by atoms with Crippen LogP contribution in [0.5, 0.6) is 0 Å². The van der Waals surface area contributed by atoms with E-state index in [9.17, 15) is 13.2 Å². The molecular formula is C19H19NO4S3. The lowest BCUT2D eigenvalue weighted by molar-refractivity contribution is 0.0602. The zero-order valence-corrected chi connectivity index (χ0v) is 17.3. The fraction of sp³-hybridized carbons (Fsp3) is 0.211. The summed E-state index contributed by atoms with van der Waals surface area (Å²) in [5.41, 5.74) is 2.02. The summed E-state index contributed by atoms with van der Waals surface area (Å²) in [5, 5.41) is 3.47. The third-order valence-electron chi connectivity index (χ3n) is 4.11. The number of nitrogens with one attached hydrogen (secondary N) is 1. The third kappa shape index (κ3) is 4.30. The van der Waals surface area contributed by atoms with E-state index in [1.807, 2.05) is 41.8 Å². The highest BCUT2D eigenvalue weighted by atomic mass is 32.2. The summed E-state index contributed by atoms with van der Waals surface area (Å²) in [6, 6.07) is 12.5. The fourth-order valence-corrected chi connectivity index (χ4v) is 6.08. The molecule has 1 atom stereocenters. The second-order valence-corrected chi connectivity index (χ2v) is 9.35. The summed E-state index contributed by atoms with van der Waals surface area (Å²) in [6.07, 6.45) is 0.910. The Kier molecular flexibility index (Phi) is 6.11. The molecule has 1 aromatic carbocycles. The van der Waals surface area contributed by atoms with Gasteiger partial charge < -0.3 is 4.74 Å². The molecule has 0 amide bonds. The first-order valence-corrected chi connectivity index (χ1v) is 11.5. The number of benzene rings is 1. The van der Waals surface area contributed by atoms with Gasteiger partial charge in [-0.1, -0.05) is 37.3 Å². The second-order valence-electron chi connectivity index (χ2n) is 5.77. The van der Waals surface area contributed by atoms with Crippen LogP contribution in [0.1, 0.15) is 38.6 Å². The minimum Gasteiger partial charge on any atom is -0.465 e. The molecule has 27 heavy (non-hydrogen) atoms. The van der Waals surface area contributed by atoms with E-state index in [0.29, 0.717) is 0 Å². The summed E-state index contributed by atoms with van der Waals surface area (Å²) in [4.78, 5) is 12.8. The summed E-state index contributed by atoms with van der Waals surface area (Å²) in [7, 11) is -2.69. The average Bonchev–Trinajstić information content (AvgIpc) is 3.37. The lowest BCUT2D eigenvalue weighted by Crippen LogP contribution is -2.29. The Bertz CT molecular complexity index is 1010. The molecule has 0 fully saturated rings. The Labute approximate surface area is 166 Å². The van der Waals surface area contributed by atoms with Crippen LogP contribution in [-0.4, -0.2) is 21.5 Å². The molecule has 1 unspecified atom stereocenters. The molecule has 0 radical (unpaired) electrons. The molecule has 142 valence electrons. The number of hydrogen-bond donors (Lipinski definition) is 1. The van der Waals surface area contributed by atoms with Crippen LogP contribution < -0.4 is 4.72 Å². The van der Waals surface area contributed by atoms with E-state index in [-0.39, 0.29) is 9.77 Å². The van der Waals surface area contributed by atoms with E-state index < -0.39 is 22.0 Å². The zero-order chi connectivity index (χ0) is 19.4.